The lowest BCUT2D eigenvalue weighted by atomic mass is 10.0. The SMILES string of the molecule is CO[C@H]1C[C@@H](O)O[C@@H](C)[C@@H]1OS(=O)(=O)C(F)(F)F. The topological polar surface area (TPSA) is 82.1 Å². The molecule has 0 saturated carbocycles. The number of aliphatic hydroxyl groups excluding tert-OH is 1. The van der Waals surface area contributed by atoms with Crippen molar-refractivity contribution in [2.75, 3.05) is 7.11 Å². The summed E-state index contributed by atoms with van der Waals surface area (Å²) in [6.07, 6.45) is -4.96. The van der Waals surface area contributed by atoms with Gasteiger partial charge in [0.05, 0.1) is 12.2 Å². The Morgan fingerprint density at radius 2 is 1.94 bits per heavy atom. The molecule has 0 spiro atoms. The van der Waals surface area contributed by atoms with Crippen molar-refractivity contribution in [1.82, 2.24) is 0 Å². The lowest BCUT2D eigenvalue weighted by molar-refractivity contribution is -0.226. The Morgan fingerprint density at radius 3 is 2.39 bits per heavy atom. The van der Waals surface area contributed by atoms with Gasteiger partial charge in [-0.25, -0.2) is 0 Å². The van der Waals surface area contributed by atoms with Crippen LogP contribution >= 0.6 is 0 Å². The molecule has 1 aliphatic rings. The Morgan fingerprint density at radius 1 is 1.39 bits per heavy atom. The molecule has 0 radical (unpaired) electrons. The van der Waals surface area contributed by atoms with Gasteiger partial charge in [0, 0.05) is 13.5 Å². The van der Waals surface area contributed by atoms with Crippen molar-refractivity contribution in [3.8, 4) is 0 Å². The zero-order chi connectivity index (χ0) is 14.1. The number of rotatable bonds is 3. The number of aliphatic hydroxyl groups is 1. The first kappa shape index (κ1) is 15.6. The minimum atomic E-state index is -5.73. The van der Waals surface area contributed by atoms with E-state index in [9.17, 15) is 26.7 Å². The number of alkyl halides is 3. The molecule has 0 aliphatic carbocycles. The molecule has 1 aliphatic heterocycles. The highest BCUT2D eigenvalue weighted by molar-refractivity contribution is 7.87. The molecule has 1 fully saturated rings. The maximum absolute atomic E-state index is 12.2. The van der Waals surface area contributed by atoms with E-state index < -0.39 is 40.2 Å². The van der Waals surface area contributed by atoms with Crippen molar-refractivity contribution in [1.29, 1.82) is 0 Å². The van der Waals surface area contributed by atoms with Gasteiger partial charge in [0.1, 0.15) is 6.10 Å². The van der Waals surface area contributed by atoms with Crippen LogP contribution in [0.25, 0.3) is 0 Å². The van der Waals surface area contributed by atoms with Crippen LogP contribution in [0.3, 0.4) is 0 Å². The Kier molecular flexibility index (Phi) is 4.60. The van der Waals surface area contributed by atoms with E-state index in [2.05, 4.69) is 4.18 Å². The van der Waals surface area contributed by atoms with E-state index >= 15 is 0 Å². The molecule has 0 aromatic heterocycles. The van der Waals surface area contributed by atoms with E-state index in [-0.39, 0.29) is 6.42 Å². The van der Waals surface area contributed by atoms with Gasteiger partial charge in [0.2, 0.25) is 0 Å². The van der Waals surface area contributed by atoms with Crippen LogP contribution in [-0.2, 0) is 23.8 Å². The monoisotopic (exact) mass is 294 g/mol. The summed E-state index contributed by atoms with van der Waals surface area (Å²) in [4.78, 5) is 0. The van der Waals surface area contributed by atoms with Gasteiger partial charge in [-0.2, -0.15) is 21.6 Å². The van der Waals surface area contributed by atoms with E-state index in [0.717, 1.165) is 0 Å². The first-order chi connectivity index (χ1) is 8.08. The van der Waals surface area contributed by atoms with Crippen LogP contribution in [0.4, 0.5) is 13.2 Å². The summed E-state index contributed by atoms with van der Waals surface area (Å²) in [7, 11) is -4.56. The Labute approximate surface area is 102 Å². The quantitative estimate of drug-likeness (QED) is 0.598. The number of halogens is 3. The van der Waals surface area contributed by atoms with Crippen molar-refractivity contribution < 1.29 is 40.4 Å². The molecular weight excluding hydrogens is 281 g/mol. The molecule has 4 atom stereocenters. The first-order valence-corrected chi connectivity index (χ1v) is 6.35. The highest BCUT2D eigenvalue weighted by Crippen LogP contribution is 2.31. The molecular formula is C8H13F3O6S. The standard InChI is InChI=1S/C8H13F3O6S/c1-4-7(5(15-2)3-6(12)16-4)17-18(13,14)8(9,10)11/h4-7,12H,3H2,1-2H3/t4-,5-,6-,7-/m0/s1. The first-order valence-electron chi connectivity index (χ1n) is 4.94. The summed E-state index contributed by atoms with van der Waals surface area (Å²) in [6.45, 7) is 1.28. The van der Waals surface area contributed by atoms with Crippen molar-refractivity contribution in [2.24, 2.45) is 0 Å². The molecule has 1 saturated heterocycles. The van der Waals surface area contributed by atoms with E-state index in [0.29, 0.717) is 0 Å². The number of ether oxygens (including phenoxy) is 2. The molecule has 0 bridgehead atoms. The van der Waals surface area contributed by atoms with Crippen molar-refractivity contribution >= 4 is 10.1 Å². The van der Waals surface area contributed by atoms with Crippen LogP contribution in [0.15, 0.2) is 0 Å². The van der Waals surface area contributed by atoms with Crippen LogP contribution in [-0.4, -0.2) is 50.7 Å². The molecule has 1 rings (SSSR count). The second-order valence-electron chi connectivity index (χ2n) is 3.77. The summed E-state index contributed by atoms with van der Waals surface area (Å²) < 4.78 is 72.0. The molecule has 108 valence electrons. The maximum Gasteiger partial charge on any atom is 0.523 e. The second kappa shape index (κ2) is 5.29. The Balaban J connectivity index is 2.88. The predicted molar refractivity (Wildman–Crippen MR) is 51.8 cm³/mol. The molecule has 0 unspecified atom stereocenters. The van der Waals surface area contributed by atoms with Crippen molar-refractivity contribution in [2.45, 2.75) is 43.5 Å². The van der Waals surface area contributed by atoms with Crippen LogP contribution < -0.4 is 0 Å². The molecule has 18 heavy (non-hydrogen) atoms. The minimum Gasteiger partial charge on any atom is -0.378 e. The highest BCUT2D eigenvalue weighted by Gasteiger charge is 2.51. The third-order valence-electron chi connectivity index (χ3n) is 2.46. The Bertz CT molecular complexity index is 381. The molecule has 0 aromatic rings. The van der Waals surface area contributed by atoms with E-state index in [4.69, 9.17) is 9.47 Å². The molecule has 6 nitrogen and oxygen atoms in total. The lowest BCUT2D eigenvalue weighted by Gasteiger charge is -2.37. The third-order valence-corrected chi connectivity index (χ3v) is 3.50. The van der Waals surface area contributed by atoms with Crippen molar-refractivity contribution in [3.63, 3.8) is 0 Å². The summed E-state index contributed by atoms with van der Waals surface area (Å²) in [5, 5.41) is 9.23. The van der Waals surface area contributed by atoms with Crippen LogP contribution in [0.2, 0.25) is 0 Å². The smallest absolute Gasteiger partial charge is 0.378 e. The molecule has 10 heteroatoms. The highest BCUT2D eigenvalue weighted by atomic mass is 32.2. The van der Waals surface area contributed by atoms with Gasteiger partial charge in [-0.3, -0.25) is 4.18 Å². The van der Waals surface area contributed by atoms with Gasteiger partial charge in [-0.1, -0.05) is 0 Å². The molecule has 0 aromatic carbocycles. The van der Waals surface area contributed by atoms with E-state index in [1.807, 2.05) is 0 Å². The van der Waals surface area contributed by atoms with Gasteiger partial charge >= 0.3 is 15.6 Å². The number of hydrogen-bond acceptors (Lipinski definition) is 6. The minimum absolute atomic E-state index is 0.182. The molecule has 1 N–H and O–H groups in total. The second-order valence-corrected chi connectivity index (χ2v) is 5.33. The van der Waals surface area contributed by atoms with Gasteiger partial charge in [-0.05, 0) is 6.92 Å². The fraction of sp³-hybridized carbons (Fsp3) is 1.00. The predicted octanol–water partition coefficient (Wildman–Crippen LogP) is 0.363. The fourth-order valence-corrected chi connectivity index (χ4v) is 2.27. The number of methoxy groups -OCH3 is 1. The maximum atomic E-state index is 12.2. The van der Waals surface area contributed by atoms with Crippen LogP contribution in [0, 0.1) is 0 Å². The molecule has 0 amide bonds. The average molecular weight is 294 g/mol. The Hall–Kier alpha value is -0.420. The largest absolute Gasteiger partial charge is 0.523 e. The van der Waals surface area contributed by atoms with Gasteiger partial charge < -0.3 is 14.6 Å². The van der Waals surface area contributed by atoms with E-state index in [1.165, 1.54) is 14.0 Å². The fourth-order valence-electron chi connectivity index (χ4n) is 1.59. The lowest BCUT2D eigenvalue weighted by Crippen LogP contribution is -2.51. The summed E-state index contributed by atoms with van der Waals surface area (Å²) in [5.41, 5.74) is -5.51. The summed E-state index contributed by atoms with van der Waals surface area (Å²) >= 11 is 0. The normalized spacial score (nSPS) is 34.6. The molecule has 1 heterocycles. The van der Waals surface area contributed by atoms with Gasteiger partial charge in [0.25, 0.3) is 0 Å². The van der Waals surface area contributed by atoms with Gasteiger partial charge in [0.15, 0.2) is 6.29 Å². The van der Waals surface area contributed by atoms with E-state index in [1.54, 1.807) is 0 Å². The zero-order valence-electron chi connectivity index (χ0n) is 9.55. The van der Waals surface area contributed by atoms with Crippen LogP contribution in [0.1, 0.15) is 13.3 Å². The zero-order valence-corrected chi connectivity index (χ0v) is 10.4. The average Bonchev–Trinajstić information content (AvgIpc) is 2.19. The third kappa shape index (κ3) is 3.32. The van der Waals surface area contributed by atoms with Crippen LogP contribution in [0.5, 0.6) is 0 Å². The van der Waals surface area contributed by atoms with Crippen molar-refractivity contribution in [3.05, 3.63) is 0 Å². The van der Waals surface area contributed by atoms with Gasteiger partial charge in [-0.15, -0.1) is 0 Å². The summed E-state index contributed by atoms with van der Waals surface area (Å²) in [6, 6.07) is 0. The summed E-state index contributed by atoms with van der Waals surface area (Å²) in [5.74, 6) is 0. The number of hydrogen-bond donors (Lipinski definition) is 1.